The van der Waals surface area contributed by atoms with Gasteiger partial charge in [0.05, 0.1) is 6.61 Å². The Bertz CT molecular complexity index is 398. The Hall–Kier alpha value is -0.220. The van der Waals surface area contributed by atoms with Crippen molar-refractivity contribution in [3.63, 3.8) is 0 Å². The Morgan fingerprint density at radius 1 is 1.35 bits per heavy atom. The van der Waals surface area contributed by atoms with Gasteiger partial charge in [-0.25, -0.2) is 0 Å². The second-order valence-corrected chi connectivity index (χ2v) is 7.12. The van der Waals surface area contributed by atoms with Crippen molar-refractivity contribution in [2.24, 2.45) is 5.92 Å². The van der Waals surface area contributed by atoms with Crippen LogP contribution in [0.5, 0.6) is 0 Å². The largest absolute Gasteiger partial charge is 0.384 e. The van der Waals surface area contributed by atoms with Gasteiger partial charge in [-0.15, -0.1) is 0 Å². The average Bonchev–Trinajstić information content (AvgIpc) is 2.45. The van der Waals surface area contributed by atoms with Gasteiger partial charge in [-0.1, -0.05) is 23.7 Å². The van der Waals surface area contributed by atoms with Crippen molar-refractivity contribution in [1.82, 2.24) is 4.90 Å². The number of halogens is 1. The summed E-state index contributed by atoms with van der Waals surface area (Å²) in [6.45, 7) is 3.22. The second-order valence-electron chi connectivity index (χ2n) is 5.54. The number of hydrogen-bond acceptors (Lipinski definition) is 3. The third-order valence-electron chi connectivity index (χ3n) is 4.00. The number of thioether (sulfide) groups is 1. The van der Waals surface area contributed by atoms with Crippen LogP contribution in [0.15, 0.2) is 24.3 Å². The first kappa shape index (κ1) is 16.2. The summed E-state index contributed by atoms with van der Waals surface area (Å²) in [6.07, 6.45) is 1.24. The molecule has 1 fully saturated rings. The fourth-order valence-corrected chi connectivity index (χ4v) is 4.13. The van der Waals surface area contributed by atoms with E-state index in [1.165, 1.54) is 30.8 Å². The maximum absolute atomic E-state index is 6.00. The summed E-state index contributed by atoms with van der Waals surface area (Å²) in [5, 5.41) is 0.827. The molecule has 2 nitrogen and oxygen atoms in total. The topological polar surface area (TPSA) is 12.5 Å². The first-order valence-electron chi connectivity index (χ1n) is 7.21. The van der Waals surface area contributed by atoms with Crippen molar-refractivity contribution < 1.29 is 4.74 Å². The highest BCUT2D eigenvalue weighted by Gasteiger charge is 2.28. The summed E-state index contributed by atoms with van der Waals surface area (Å²) < 4.78 is 5.13. The van der Waals surface area contributed by atoms with E-state index in [1.807, 2.05) is 23.9 Å². The normalized spacial score (nSPS) is 23.9. The molecule has 0 unspecified atom stereocenters. The molecule has 2 atom stereocenters. The Morgan fingerprint density at radius 3 is 2.80 bits per heavy atom. The van der Waals surface area contributed by atoms with Crippen molar-refractivity contribution in [2.45, 2.75) is 12.3 Å². The molecule has 1 aliphatic rings. The molecule has 20 heavy (non-hydrogen) atoms. The molecule has 1 aromatic rings. The van der Waals surface area contributed by atoms with Crippen LogP contribution in [-0.4, -0.2) is 50.3 Å². The lowest BCUT2D eigenvalue weighted by Gasteiger charge is -2.37. The minimum atomic E-state index is 0.665. The number of rotatable bonds is 6. The quantitative estimate of drug-likeness (QED) is 0.742. The number of hydrogen-bond donors (Lipinski definition) is 0. The summed E-state index contributed by atoms with van der Waals surface area (Å²) in [7, 11) is 4.00. The zero-order valence-electron chi connectivity index (χ0n) is 12.3. The van der Waals surface area contributed by atoms with Crippen LogP contribution in [0.25, 0.3) is 0 Å². The van der Waals surface area contributed by atoms with E-state index in [4.69, 9.17) is 16.3 Å². The lowest BCUT2D eigenvalue weighted by Crippen LogP contribution is -2.38. The van der Waals surface area contributed by atoms with Crippen LogP contribution in [0.1, 0.15) is 17.9 Å². The van der Waals surface area contributed by atoms with Crippen molar-refractivity contribution in [2.75, 3.05) is 45.4 Å². The van der Waals surface area contributed by atoms with Gasteiger partial charge in [0.25, 0.3) is 0 Å². The minimum Gasteiger partial charge on any atom is -0.384 e. The van der Waals surface area contributed by atoms with Gasteiger partial charge >= 0.3 is 0 Å². The van der Waals surface area contributed by atoms with E-state index in [2.05, 4.69) is 24.1 Å². The third-order valence-corrected chi connectivity index (χ3v) is 5.37. The summed E-state index contributed by atoms with van der Waals surface area (Å²) in [5.41, 5.74) is 1.44. The number of ether oxygens (including phenoxy) is 1. The average molecular weight is 314 g/mol. The smallest absolute Gasteiger partial charge is 0.0552 e. The monoisotopic (exact) mass is 313 g/mol. The van der Waals surface area contributed by atoms with E-state index in [9.17, 15) is 0 Å². The molecule has 0 amide bonds. The Labute approximate surface area is 131 Å². The standard InChI is InChI=1S/C16H24ClNOS/c1-18-8-7-16(13-3-5-15(17)6-4-13)14(11-18)12-20-10-9-19-2/h3-6,14,16H,7-12H2,1-2H3/t14-,16-/m1/s1. The molecule has 1 heterocycles. The minimum absolute atomic E-state index is 0.665. The molecule has 0 saturated carbocycles. The molecular formula is C16H24ClNOS. The van der Waals surface area contributed by atoms with Crippen LogP contribution in [0, 0.1) is 5.92 Å². The Kier molecular flexibility index (Phi) is 6.69. The van der Waals surface area contributed by atoms with Crippen LogP contribution in [0.2, 0.25) is 5.02 Å². The summed E-state index contributed by atoms with van der Waals surface area (Å²) in [5.74, 6) is 3.68. The molecule has 1 saturated heterocycles. The molecule has 2 rings (SSSR count). The van der Waals surface area contributed by atoms with E-state index in [1.54, 1.807) is 7.11 Å². The second kappa shape index (κ2) is 8.28. The van der Waals surface area contributed by atoms with Crippen LogP contribution in [0.4, 0.5) is 0 Å². The van der Waals surface area contributed by atoms with Crippen molar-refractivity contribution >= 4 is 23.4 Å². The molecule has 112 valence electrons. The first-order chi connectivity index (χ1) is 9.70. The molecule has 0 radical (unpaired) electrons. The molecule has 0 bridgehead atoms. The number of piperidine rings is 1. The summed E-state index contributed by atoms with van der Waals surface area (Å²) in [6, 6.07) is 8.44. The Balaban J connectivity index is 1.98. The maximum Gasteiger partial charge on any atom is 0.0552 e. The molecule has 4 heteroatoms. The third kappa shape index (κ3) is 4.66. The first-order valence-corrected chi connectivity index (χ1v) is 8.74. The number of methoxy groups -OCH3 is 1. The van der Waals surface area contributed by atoms with Crippen molar-refractivity contribution in [1.29, 1.82) is 0 Å². The lowest BCUT2D eigenvalue weighted by atomic mass is 9.81. The van der Waals surface area contributed by atoms with Crippen LogP contribution >= 0.6 is 23.4 Å². The van der Waals surface area contributed by atoms with Gasteiger partial charge in [0.2, 0.25) is 0 Å². The lowest BCUT2D eigenvalue weighted by molar-refractivity contribution is 0.198. The van der Waals surface area contributed by atoms with Gasteiger partial charge in [-0.05, 0) is 55.3 Å². The highest BCUT2D eigenvalue weighted by Crippen LogP contribution is 2.35. The van der Waals surface area contributed by atoms with Crippen LogP contribution in [0.3, 0.4) is 0 Å². The summed E-state index contributed by atoms with van der Waals surface area (Å²) in [4.78, 5) is 2.45. The molecule has 0 N–H and O–H groups in total. The zero-order chi connectivity index (χ0) is 14.4. The molecular weight excluding hydrogens is 290 g/mol. The van der Waals surface area contributed by atoms with Crippen molar-refractivity contribution in [3.8, 4) is 0 Å². The van der Waals surface area contributed by atoms with Gasteiger partial charge in [0.15, 0.2) is 0 Å². The molecule has 1 aliphatic heterocycles. The van der Waals surface area contributed by atoms with E-state index in [-0.39, 0.29) is 0 Å². The fraction of sp³-hybridized carbons (Fsp3) is 0.625. The number of benzene rings is 1. The molecule has 1 aromatic carbocycles. The van der Waals surface area contributed by atoms with Gasteiger partial charge in [0, 0.05) is 24.4 Å². The summed E-state index contributed by atoms with van der Waals surface area (Å²) >= 11 is 8.01. The zero-order valence-corrected chi connectivity index (χ0v) is 13.9. The van der Waals surface area contributed by atoms with E-state index in [0.717, 1.165) is 23.3 Å². The van der Waals surface area contributed by atoms with Gasteiger partial charge in [0.1, 0.15) is 0 Å². The predicted octanol–water partition coefficient (Wildman–Crippen LogP) is 3.75. The van der Waals surface area contributed by atoms with E-state index >= 15 is 0 Å². The highest BCUT2D eigenvalue weighted by molar-refractivity contribution is 7.99. The van der Waals surface area contributed by atoms with E-state index in [0.29, 0.717) is 5.92 Å². The van der Waals surface area contributed by atoms with E-state index < -0.39 is 0 Å². The van der Waals surface area contributed by atoms with Gasteiger partial charge < -0.3 is 9.64 Å². The predicted molar refractivity (Wildman–Crippen MR) is 89.0 cm³/mol. The van der Waals surface area contributed by atoms with Crippen LogP contribution < -0.4 is 0 Å². The fourth-order valence-electron chi connectivity index (χ4n) is 2.91. The van der Waals surface area contributed by atoms with Gasteiger partial charge in [-0.3, -0.25) is 0 Å². The maximum atomic E-state index is 6.00. The van der Waals surface area contributed by atoms with Crippen molar-refractivity contribution in [3.05, 3.63) is 34.9 Å². The number of nitrogens with zero attached hydrogens (tertiary/aromatic N) is 1. The highest BCUT2D eigenvalue weighted by atomic mass is 35.5. The number of likely N-dealkylation sites (tertiary alicyclic amines) is 1. The Morgan fingerprint density at radius 2 is 2.10 bits per heavy atom. The molecule has 0 aliphatic carbocycles. The van der Waals surface area contributed by atoms with Gasteiger partial charge in [-0.2, -0.15) is 11.8 Å². The molecule has 0 spiro atoms. The SMILES string of the molecule is COCCSC[C@H]1CN(C)CC[C@@H]1c1ccc(Cl)cc1. The molecule has 0 aromatic heterocycles. The van der Waals surface area contributed by atoms with Crippen LogP contribution in [-0.2, 0) is 4.74 Å².